The van der Waals surface area contributed by atoms with Crippen LogP contribution in [0.3, 0.4) is 0 Å². The number of carbonyl (C=O) groups excluding carboxylic acids is 1. The van der Waals surface area contributed by atoms with E-state index >= 15 is 0 Å². The van der Waals surface area contributed by atoms with Gasteiger partial charge in [-0.15, -0.1) is 0 Å². The quantitative estimate of drug-likeness (QED) is 0.700. The first kappa shape index (κ1) is 18.2. The zero-order valence-corrected chi connectivity index (χ0v) is 16.4. The number of benzene rings is 1. The first-order valence-corrected chi connectivity index (χ1v) is 9.65. The molecule has 28 heavy (non-hydrogen) atoms. The number of amides is 1. The van der Waals surface area contributed by atoms with Gasteiger partial charge in [-0.1, -0.05) is 26.0 Å². The van der Waals surface area contributed by atoms with Crippen LogP contribution in [0.2, 0.25) is 0 Å². The van der Waals surface area contributed by atoms with Crippen molar-refractivity contribution in [1.29, 1.82) is 0 Å². The molecule has 3 heterocycles. The number of fused-ring (bicyclic) bond motifs is 1. The number of aromatic nitrogens is 4. The molecule has 0 unspecified atom stereocenters. The van der Waals surface area contributed by atoms with Gasteiger partial charge in [0.25, 0.3) is 5.91 Å². The summed E-state index contributed by atoms with van der Waals surface area (Å²) in [5.74, 6) is 1.59. The van der Waals surface area contributed by atoms with Crippen LogP contribution in [0.5, 0.6) is 0 Å². The standard InChI is InChI=1S/C22H23N5O/c1-4-18-10-19(25-14(3)24-18)15-6-8-16(9-7-15)22(28)27-12-17-11-23-21(5-2)26-20(17)13-27/h6-11H,4-5,12-13H2,1-3H3. The highest BCUT2D eigenvalue weighted by molar-refractivity contribution is 5.95. The van der Waals surface area contributed by atoms with Crippen molar-refractivity contribution in [3.05, 3.63) is 70.7 Å². The second-order valence-corrected chi connectivity index (χ2v) is 7.00. The van der Waals surface area contributed by atoms with E-state index in [2.05, 4.69) is 26.9 Å². The van der Waals surface area contributed by atoms with E-state index in [1.165, 1.54) is 0 Å². The summed E-state index contributed by atoms with van der Waals surface area (Å²) < 4.78 is 0. The highest BCUT2D eigenvalue weighted by Gasteiger charge is 2.26. The van der Waals surface area contributed by atoms with Crippen LogP contribution in [0.15, 0.2) is 36.5 Å². The van der Waals surface area contributed by atoms with E-state index in [4.69, 9.17) is 0 Å². The summed E-state index contributed by atoms with van der Waals surface area (Å²) in [6.45, 7) is 7.11. The molecule has 0 saturated carbocycles. The largest absolute Gasteiger partial charge is 0.328 e. The molecule has 1 aliphatic heterocycles. The SMILES string of the molecule is CCc1cc(-c2ccc(C(=O)N3Cc4cnc(CC)nc4C3)cc2)nc(C)n1. The Morgan fingerprint density at radius 1 is 1.04 bits per heavy atom. The van der Waals surface area contributed by atoms with Crippen LogP contribution in [-0.2, 0) is 25.9 Å². The third-order valence-corrected chi connectivity index (χ3v) is 4.99. The van der Waals surface area contributed by atoms with Crippen LogP contribution >= 0.6 is 0 Å². The third kappa shape index (κ3) is 3.50. The van der Waals surface area contributed by atoms with Crippen molar-refractivity contribution in [2.24, 2.45) is 0 Å². The molecule has 3 aromatic rings. The number of nitrogens with zero attached hydrogens (tertiary/aromatic N) is 5. The van der Waals surface area contributed by atoms with Crippen LogP contribution in [0.4, 0.5) is 0 Å². The van der Waals surface area contributed by atoms with E-state index in [0.717, 1.165) is 52.7 Å². The Hall–Kier alpha value is -3.15. The molecule has 4 rings (SSSR count). The molecule has 142 valence electrons. The predicted octanol–water partition coefficient (Wildman–Crippen LogP) is 3.52. The molecule has 6 nitrogen and oxygen atoms in total. The van der Waals surface area contributed by atoms with Gasteiger partial charge >= 0.3 is 0 Å². The van der Waals surface area contributed by atoms with Gasteiger partial charge in [0, 0.05) is 41.5 Å². The summed E-state index contributed by atoms with van der Waals surface area (Å²) in [6.07, 6.45) is 3.51. The summed E-state index contributed by atoms with van der Waals surface area (Å²) in [4.78, 5) is 32.6. The molecule has 2 aromatic heterocycles. The molecule has 1 amide bonds. The van der Waals surface area contributed by atoms with E-state index in [9.17, 15) is 4.79 Å². The van der Waals surface area contributed by atoms with Crippen molar-refractivity contribution in [3.8, 4) is 11.3 Å². The molecule has 0 aliphatic carbocycles. The second-order valence-electron chi connectivity index (χ2n) is 7.00. The first-order valence-electron chi connectivity index (χ1n) is 9.65. The normalized spacial score (nSPS) is 12.9. The maximum Gasteiger partial charge on any atom is 0.254 e. The number of aryl methyl sites for hydroxylation is 3. The van der Waals surface area contributed by atoms with E-state index in [1.807, 2.05) is 55.3 Å². The van der Waals surface area contributed by atoms with Crippen molar-refractivity contribution >= 4 is 5.91 Å². The summed E-state index contributed by atoms with van der Waals surface area (Å²) in [7, 11) is 0. The number of hydrogen-bond donors (Lipinski definition) is 0. The van der Waals surface area contributed by atoms with Gasteiger partial charge < -0.3 is 4.90 Å². The van der Waals surface area contributed by atoms with E-state index < -0.39 is 0 Å². The van der Waals surface area contributed by atoms with Crippen LogP contribution < -0.4 is 0 Å². The summed E-state index contributed by atoms with van der Waals surface area (Å²) in [5, 5.41) is 0. The fraction of sp³-hybridized carbons (Fsp3) is 0.318. The molecule has 6 heteroatoms. The van der Waals surface area contributed by atoms with Gasteiger partial charge in [-0.3, -0.25) is 4.79 Å². The predicted molar refractivity (Wildman–Crippen MR) is 107 cm³/mol. The van der Waals surface area contributed by atoms with Gasteiger partial charge in [0.15, 0.2) is 0 Å². The molecule has 0 N–H and O–H groups in total. The minimum absolute atomic E-state index is 0.00992. The summed E-state index contributed by atoms with van der Waals surface area (Å²) >= 11 is 0. The van der Waals surface area contributed by atoms with Gasteiger partial charge in [0.1, 0.15) is 11.6 Å². The highest BCUT2D eigenvalue weighted by Crippen LogP contribution is 2.24. The Balaban J connectivity index is 1.53. The first-order chi connectivity index (χ1) is 13.6. The average Bonchev–Trinajstić information content (AvgIpc) is 3.16. The Kier molecular flexibility index (Phi) is 4.86. The second kappa shape index (κ2) is 7.46. The van der Waals surface area contributed by atoms with Gasteiger partial charge in [0.05, 0.1) is 17.9 Å². The summed E-state index contributed by atoms with van der Waals surface area (Å²) in [5.41, 5.74) is 5.55. The smallest absolute Gasteiger partial charge is 0.254 e. The Morgan fingerprint density at radius 2 is 1.82 bits per heavy atom. The lowest BCUT2D eigenvalue weighted by Crippen LogP contribution is -2.25. The van der Waals surface area contributed by atoms with Crippen LogP contribution in [0.1, 0.15) is 52.8 Å². The van der Waals surface area contributed by atoms with Gasteiger partial charge in [-0.2, -0.15) is 0 Å². The van der Waals surface area contributed by atoms with Crippen LogP contribution in [-0.4, -0.2) is 30.7 Å². The number of carbonyl (C=O) groups is 1. The Morgan fingerprint density at radius 3 is 2.54 bits per heavy atom. The number of hydrogen-bond acceptors (Lipinski definition) is 5. The lowest BCUT2D eigenvalue weighted by molar-refractivity contribution is 0.0750. The van der Waals surface area contributed by atoms with Crippen molar-refractivity contribution in [2.45, 2.75) is 46.7 Å². The van der Waals surface area contributed by atoms with E-state index in [-0.39, 0.29) is 5.91 Å². The molecular formula is C22H23N5O. The fourth-order valence-electron chi connectivity index (χ4n) is 3.43. The van der Waals surface area contributed by atoms with Crippen molar-refractivity contribution in [1.82, 2.24) is 24.8 Å². The zero-order valence-electron chi connectivity index (χ0n) is 16.4. The van der Waals surface area contributed by atoms with Crippen LogP contribution in [0, 0.1) is 6.92 Å². The Bertz CT molecular complexity index is 1030. The molecule has 0 radical (unpaired) electrons. The van der Waals surface area contributed by atoms with Crippen molar-refractivity contribution < 1.29 is 4.79 Å². The highest BCUT2D eigenvalue weighted by atomic mass is 16.2. The molecule has 0 saturated heterocycles. The van der Waals surface area contributed by atoms with E-state index in [0.29, 0.717) is 18.7 Å². The molecule has 0 bridgehead atoms. The lowest BCUT2D eigenvalue weighted by Gasteiger charge is -2.15. The van der Waals surface area contributed by atoms with Gasteiger partial charge in [-0.05, 0) is 31.5 Å². The lowest BCUT2D eigenvalue weighted by atomic mass is 10.1. The maximum absolute atomic E-state index is 12.9. The number of rotatable bonds is 4. The van der Waals surface area contributed by atoms with E-state index in [1.54, 1.807) is 0 Å². The van der Waals surface area contributed by atoms with Crippen molar-refractivity contribution in [2.75, 3.05) is 0 Å². The molecule has 0 spiro atoms. The zero-order chi connectivity index (χ0) is 19.7. The average molecular weight is 373 g/mol. The third-order valence-electron chi connectivity index (χ3n) is 4.99. The molecule has 0 atom stereocenters. The minimum Gasteiger partial charge on any atom is -0.328 e. The minimum atomic E-state index is 0.00992. The van der Waals surface area contributed by atoms with Gasteiger partial charge in [-0.25, -0.2) is 19.9 Å². The van der Waals surface area contributed by atoms with Gasteiger partial charge in [0.2, 0.25) is 0 Å². The van der Waals surface area contributed by atoms with Crippen LogP contribution in [0.25, 0.3) is 11.3 Å². The molecule has 1 aliphatic rings. The molecular weight excluding hydrogens is 350 g/mol. The maximum atomic E-state index is 12.9. The molecule has 1 aromatic carbocycles. The summed E-state index contributed by atoms with van der Waals surface area (Å²) in [6, 6.07) is 9.64. The Labute approximate surface area is 164 Å². The van der Waals surface area contributed by atoms with Crippen molar-refractivity contribution in [3.63, 3.8) is 0 Å². The molecule has 0 fully saturated rings. The fourth-order valence-corrected chi connectivity index (χ4v) is 3.43. The topological polar surface area (TPSA) is 71.9 Å². The monoisotopic (exact) mass is 373 g/mol.